The van der Waals surface area contributed by atoms with Crippen LogP contribution >= 0.6 is 11.6 Å². The summed E-state index contributed by atoms with van der Waals surface area (Å²) < 4.78 is 23.7. The van der Waals surface area contributed by atoms with Gasteiger partial charge in [0.2, 0.25) is 0 Å². The Hall–Kier alpha value is -3.62. The van der Waals surface area contributed by atoms with Crippen LogP contribution in [-0.4, -0.2) is 45.5 Å². The molecule has 2 atom stereocenters. The summed E-state index contributed by atoms with van der Waals surface area (Å²) in [5.74, 6) is -1.85. The van der Waals surface area contributed by atoms with Crippen LogP contribution in [0, 0.1) is 5.82 Å². The molecule has 1 N–H and O–H groups in total. The van der Waals surface area contributed by atoms with Crippen LogP contribution < -0.4 is 10.6 Å². The van der Waals surface area contributed by atoms with Crippen molar-refractivity contribution in [3.05, 3.63) is 93.1 Å². The van der Waals surface area contributed by atoms with E-state index >= 15 is 0 Å². The number of ether oxygens (including phenoxy) is 1. The van der Waals surface area contributed by atoms with Crippen molar-refractivity contribution in [2.45, 2.75) is 43.4 Å². The molecule has 7 rings (SSSR count). The summed E-state index contributed by atoms with van der Waals surface area (Å²) in [6.07, 6.45) is 3.92. The zero-order valence-corrected chi connectivity index (χ0v) is 21.2. The van der Waals surface area contributed by atoms with Gasteiger partial charge in [0.25, 0.3) is 0 Å². The molecular formula is C29H25ClFN3O4. The van der Waals surface area contributed by atoms with E-state index in [0.717, 1.165) is 37.7 Å². The minimum atomic E-state index is -1.21. The van der Waals surface area contributed by atoms with Gasteiger partial charge in [0, 0.05) is 23.8 Å². The topological polar surface area (TPSA) is 76.7 Å². The lowest BCUT2D eigenvalue weighted by molar-refractivity contribution is 0.0305. The van der Waals surface area contributed by atoms with Gasteiger partial charge in [-0.05, 0) is 91.9 Å². The third-order valence-electron chi connectivity index (χ3n) is 8.15. The van der Waals surface area contributed by atoms with Crippen molar-refractivity contribution < 1.29 is 19.0 Å². The van der Waals surface area contributed by atoms with Gasteiger partial charge in [0.1, 0.15) is 5.82 Å². The lowest BCUT2D eigenvalue weighted by Crippen LogP contribution is -2.42. The van der Waals surface area contributed by atoms with Crippen LogP contribution in [0.1, 0.15) is 41.6 Å². The van der Waals surface area contributed by atoms with E-state index in [9.17, 15) is 19.1 Å². The number of hydrogen-bond acceptors (Lipinski definition) is 4. The van der Waals surface area contributed by atoms with Crippen LogP contribution in [0.4, 0.5) is 10.1 Å². The van der Waals surface area contributed by atoms with Crippen molar-refractivity contribution in [2.75, 3.05) is 18.0 Å². The van der Waals surface area contributed by atoms with E-state index < -0.39 is 17.3 Å². The number of anilines is 1. The fourth-order valence-electron chi connectivity index (χ4n) is 6.21. The molecule has 3 heterocycles. The summed E-state index contributed by atoms with van der Waals surface area (Å²) in [7, 11) is 0. The molecule has 0 spiro atoms. The van der Waals surface area contributed by atoms with Crippen molar-refractivity contribution in [1.29, 1.82) is 0 Å². The lowest BCUT2D eigenvalue weighted by Gasteiger charge is -2.33. The maximum atomic E-state index is 14.5. The molecule has 9 heteroatoms. The summed E-state index contributed by atoms with van der Waals surface area (Å²) in [6, 6.07) is 17.0. The monoisotopic (exact) mass is 533 g/mol. The highest BCUT2D eigenvalue weighted by Gasteiger charge is 2.49. The summed E-state index contributed by atoms with van der Waals surface area (Å²) in [4.78, 5) is 28.0. The van der Waals surface area contributed by atoms with Crippen LogP contribution in [0.25, 0.3) is 16.7 Å². The quantitative estimate of drug-likeness (QED) is 0.382. The Balaban J connectivity index is 1.34. The molecule has 38 heavy (non-hydrogen) atoms. The number of morpholine rings is 1. The molecule has 3 aliphatic rings. The molecule has 7 nitrogen and oxygen atoms in total. The van der Waals surface area contributed by atoms with Gasteiger partial charge in [-0.3, -0.25) is 9.13 Å². The lowest BCUT2D eigenvalue weighted by atomic mass is 10.0. The number of nitrogens with zero attached hydrogens (tertiary/aromatic N) is 3. The molecule has 1 aromatic heterocycles. The minimum Gasteiger partial charge on any atom is -0.478 e. The molecular weight excluding hydrogens is 509 g/mol. The Morgan fingerprint density at radius 1 is 0.947 bits per heavy atom. The average molecular weight is 534 g/mol. The molecule has 4 aromatic rings. The van der Waals surface area contributed by atoms with E-state index in [-0.39, 0.29) is 23.5 Å². The Morgan fingerprint density at radius 3 is 2.29 bits per heavy atom. The van der Waals surface area contributed by atoms with Gasteiger partial charge in [-0.1, -0.05) is 11.6 Å². The third kappa shape index (κ3) is 3.66. The normalized spacial score (nSPS) is 21.7. The number of hydrogen-bond donors (Lipinski definition) is 1. The smallest absolute Gasteiger partial charge is 0.335 e. The van der Waals surface area contributed by atoms with Crippen molar-refractivity contribution in [3.63, 3.8) is 0 Å². The fourth-order valence-corrected chi connectivity index (χ4v) is 6.38. The molecule has 2 bridgehead atoms. The number of rotatable bonds is 5. The number of aromatic nitrogens is 2. The maximum Gasteiger partial charge on any atom is 0.335 e. The highest BCUT2D eigenvalue weighted by Crippen LogP contribution is 2.50. The van der Waals surface area contributed by atoms with Gasteiger partial charge in [-0.25, -0.2) is 14.0 Å². The molecule has 2 unspecified atom stereocenters. The van der Waals surface area contributed by atoms with Crippen LogP contribution in [0.3, 0.4) is 0 Å². The number of halogens is 2. The van der Waals surface area contributed by atoms with Gasteiger partial charge in [-0.15, -0.1) is 0 Å². The standard InChI is InChI=1S/C29H25ClFN3O4/c30-19-1-8-25-26(14-19)33(22-4-2-21(3-5-22)32-15-23-6-7-24(16-32)38-23)28(37)34(25)29(9-10-29)18-11-17(27(35)36)12-20(31)13-18/h1-5,8,11-14,23-24H,6-7,9-10,15-16H2,(H,35,36). The molecule has 194 valence electrons. The molecule has 0 amide bonds. The van der Waals surface area contributed by atoms with Gasteiger partial charge >= 0.3 is 11.7 Å². The molecule has 0 radical (unpaired) electrons. The van der Waals surface area contributed by atoms with E-state index in [1.54, 1.807) is 27.3 Å². The number of carbonyl (C=O) groups is 1. The number of imidazole rings is 1. The molecule has 1 aliphatic carbocycles. The molecule has 3 aromatic carbocycles. The van der Waals surface area contributed by atoms with Crippen LogP contribution in [-0.2, 0) is 10.3 Å². The number of aromatic carboxylic acids is 1. The fraction of sp³-hybridized carbons (Fsp3) is 0.310. The van der Waals surface area contributed by atoms with E-state index in [1.807, 2.05) is 24.3 Å². The van der Waals surface area contributed by atoms with Gasteiger partial charge < -0.3 is 14.7 Å². The summed E-state index contributed by atoms with van der Waals surface area (Å²) in [5.41, 5.74) is 2.31. The number of carboxylic acid groups (broad SMARTS) is 1. The number of benzene rings is 3. The third-order valence-corrected chi connectivity index (χ3v) is 8.39. The van der Waals surface area contributed by atoms with Crippen LogP contribution in [0.2, 0.25) is 5.02 Å². The second-order valence-corrected chi connectivity index (χ2v) is 11.0. The molecule has 1 saturated carbocycles. The SMILES string of the molecule is O=C(O)c1cc(F)cc(C2(n3c(=O)n(-c4ccc(N5CC6CCC(C5)O6)cc4)c4cc(Cl)ccc43)CC2)c1. The zero-order chi connectivity index (χ0) is 26.2. The second kappa shape index (κ2) is 8.44. The highest BCUT2D eigenvalue weighted by atomic mass is 35.5. The predicted molar refractivity (Wildman–Crippen MR) is 142 cm³/mol. The van der Waals surface area contributed by atoms with E-state index in [4.69, 9.17) is 16.3 Å². The summed E-state index contributed by atoms with van der Waals surface area (Å²) >= 11 is 6.37. The van der Waals surface area contributed by atoms with E-state index in [1.165, 1.54) is 12.1 Å². The van der Waals surface area contributed by atoms with E-state index in [2.05, 4.69) is 4.90 Å². The van der Waals surface area contributed by atoms with Gasteiger partial charge in [0.05, 0.1) is 40.0 Å². The molecule has 2 saturated heterocycles. The van der Waals surface area contributed by atoms with Gasteiger partial charge in [0.15, 0.2) is 0 Å². The molecule has 3 fully saturated rings. The first kappa shape index (κ1) is 23.5. The zero-order valence-electron chi connectivity index (χ0n) is 20.4. The summed E-state index contributed by atoms with van der Waals surface area (Å²) in [6.45, 7) is 1.72. The number of carboxylic acids is 1. The summed E-state index contributed by atoms with van der Waals surface area (Å²) in [5, 5.41) is 9.98. The molecule has 2 aliphatic heterocycles. The number of fused-ring (bicyclic) bond motifs is 3. The highest BCUT2D eigenvalue weighted by molar-refractivity contribution is 6.31. The predicted octanol–water partition coefficient (Wildman–Crippen LogP) is 5.19. The minimum absolute atomic E-state index is 0.141. The van der Waals surface area contributed by atoms with Crippen LogP contribution in [0.5, 0.6) is 0 Å². The Labute approximate surface area is 222 Å². The first-order valence-corrected chi connectivity index (χ1v) is 13.2. The van der Waals surface area contributed by atoms with Crippen molar-refractivity contribution >= 4 is 34.3 Å². The Morgan fingerprint density at radius 2 is 1.63 bits per heavy atom. The van der Waals surface area contributed by atoms with Crippen molar-refractivity contribution in [3.8, 4) is 5.69 Å². The average Bonchev–Trinajstić information content (AvgIpc) is 3.56. The maximum absolute atomic E-state index is 14.5. The van der Waals surface area contributed by atoms with E-state index in [0.29, 0.717) is 40.1 Å². The first-order valence-electron chi connectivity index (χ1n) is 12.8. The first-order chi connectivity index (χ1) is 18.3. The Kier molecular flexibility index (Phi) is 5.22. The van der Waals surface area contributed by atoms with Gasteiger partial charge in [-0.2, -0.15) is 0 Å². The van der Waals surface area contributed by atoms with Crippen molar-refractivity contribution in [1.82, 2.24) is 9.13 Å². The largest absolute Gasteiger partial charge is 0.478 e. The van der Waals surface area contributed by atoms with Crippen molar-refractivity contribution in [2.24, 2.45) is 0 Å². The van der Waals surface area contributed by atoms with Crippen LogP contribution in [0.15, 0.2) is 65.5 Å². The second-order valence-electron chi connectivity index (χ2n) is 10.5. The Bertz CT molecular complexity index is 1650.